The number of amides is 3. The Balaban J connectivity index is 1.52. The minimum Gasteiger partial charge on any atom is -0.385 e. The largest absolute Gasteiger partial charge is 0.385 e. The quantitative estimate of drug-likeness (QED) is 0.178. The fourth-order valence-corrected chi connectivity index (χ4v) is 4.96. The van der Waals surface area contributed by atoms with Crippen LogP contribution in [0.1, 0.15) is 23.1 Å². The van der Waals surface area contributed by atoms with Gasteiger partial charge in [0.1, 0.15) is 6.54 Å². The monoisotopic (exact) mass is 580 g/mol. The van der Waals surface area contributed by atoms with Gasteiger partial charge in [0.2, 0.25) is 5.91 Å². The van der Waals surface area contributed by atoms with Gasteiger partial charge in [-0.25, -0.2) is 4.79 Å². The van der Waals surface area contributed by atoms with Gasteiger partial charge in [-0.3, -0.25) is 4.79 Å². The molecule has 0 unspecified atom stereocenters. The van der Waals surface area contributed by atoms with Crippen molar-refractivity contribution in [3.05, 3.63) is 99.7 Å². The molecular formula is C31H34Cl2N4O3. The molecule has 0 radical (unpaired) electrons. The highest BCUT2D eigenvalue weighted by atomic mass is 35.5. The van der Waals surface area contributed by atoms with Crippen molar-refractivity contribution in [2.75, 3.05) is 38.7 Å². The fourth-order valence-electron chi connectivity index (χ4n) is 4.50. The fraction of sp³-hybridized carbons (Fsp3) is 0.290. The number of halogens is 2. The number of nitrogens with one attached hydrogen (secondary N) is 2. The molecule has 0 bridgehead atoms. The lowest BCUT2D eigenvalue weighted by atomic mass is 10.1. The van der Waals surface area contributed by atoms with Gasteiger partial charge in [0.15, 0.2) is 0 Å². The van der Waals surface area contributed by atoms with Crippen LogP contribution in [-0.4, -0.2) is 60.1 Å². The summed E-state index contributed by atoms with van der Waals surface area (Å²) in [6, 6.07) is 20.7. The number of ether oxygens (including phenoxy) is 1. The predicted molar refractivity (Wildman–Crippen MR) is 162 cm³/mol. The molecule has 4 rings (SSSR count). The Hall–Kier alpha value is -3.52. The number of para-hydroxylation sites is 1. The molecule has 2 N–H and O–H groups in total. The normalized spacial score (nSPS) is 11.0. The molecule has 3 aromatic carbocycles. The van der Waals surface area contributed by atoms with E-state index < -0.39 is 6.03 Å². The number of urea groups is 1. The van der Waals surface area contributed by atoms with Crippen LogP contribution in [0.15, 0.2) is 72.9 Å². The maximum atomic E-state index is 13.8. The van der Waals surface area contributed by atoms with E-state index in [-0.39, 0.29) is 12.5 Å². The number of rotatable bonds is 12. The van der Waals surface area contributed by atoms with Gasteiger partial charge in [0.05, 0.1) is 10.7 Å². The number of carbonyl (C=O) groups excluding carboxylic acids is 2. The van der Waals surface area contributed by atoms with Crippen LogP contribution in [0.5, 0.6) is 0 Å². The zero-order valence-corrected chi connectivity index (χ0v) is 24.3. The number of aryl methyl sites for hydroxylation is 1. The second kappa shape index (κ2) is 14.2. The van der Waals surface area contributed by atoms with Crippen LogP contribution < -0.4 is 5.32 Å². The number of hydrogen-bond donors (Lipinski definition) is 2. The van der Waals surface area contributed by atoms with E-state index in [4.69, 9.17) is 27.9 Å². The Labute approximate surface area is 245 Å². The highest BCUT2D eigenvalue weighted by molar-refractivity contribution is 6.36. The summed E-state index contributed by atoms with van der Waals surface area (Å²) < 4.78 is 5.19. The summed E-state index contributed by atoms with van der Waals surface area (Å²) >= 11 is 12.3. The first-order chi connectivity index (χ1) is 19.3. The van der Waals surface area contributed by atoms with Crippen molar-refractivity contribution in [2.45, 2.75) is 26.3 Å². The van der Waals surface area contributed by atoms with Crippen molar-refractivity contribution >= 4 is 51.7 Å². The number of aromatic nitrogens is 1. The van der Waals surface area contributed by atoms with E-state index in [1.165, 1.54) is 4.90 Å². The number of H-pyrrole nitrogens is 1. The molecule has 0 fully saturated rings. The minimum atomic E-state index is -0.416. The van der Waals surface area contributed by atoms with Crippen molar-refractivity contribution in [1.82, 2.24) is 14.8 Å². The molecular weight excluding hydrogens is 547 g/mol. The molecule has 0 aliphatic rings. The third-order valence-corrected chi connectivity index (χ3v) is 7.28. The highest BCUT2D eigenvalue weighted by Crippen LogP contribution is 2.26. The van der Waals surface area contributed by atoms with E-state index in [1.54, 1.807) is 25.3 Å². The van der Waals surface area contributed by atoms with Gasteiger partial charge in [0, 0.05) is 55.5 Å². The summed E-state index contributed by atoms with van der Waals surface area (Å²) in [4.78, 5) is 33.7. The number of benzene rings is 3. The average Bonchev–Trinajstić information content (AvgIpc) is 3.36. The van der Waals surface area contributed by atoms with Gasteiger partial charge in [-0.2, -0.15) is 0 Å². The summed E-state index contributed by atoms with van der Waals surface area (Å²) in [5.74, 6) is -0.143. The first-order valence-electron chi connectivity index (χ1n) is 13.2. The summed E-state index contributed by atoms with van der Waals surface area (Å²) in [6.07, 6.45) is 3.26. The Kier molecular flexibility index (Phi) is 10.5. The molecule has 210 valence electrons. The molecule has 1 heterocycles. The van der Waals surface area contributed by atoms with Crippen LogP contribution in [0, 0.1) is 6.92 Å². The van der Waals surface area contributed by atoms with Crippen LogP contribution in [-0.2, 0) is 22.5 Å². The third kappa shape index (κ3) is 8.01. The second-order valence-electron chi connectivity index (χ2n) is 9.73. The molecule has 4 aromatic rings. The molecule has 40 heavy (non-hydrogen) atoms. The van der Waals surface area contributed by atoms with Gasteiger partial charge >= 0.3 is 6.03 Å². The minimum absolute atomic E-state index is 0.0828. The molecule has 0 aliphatic carbocycles. The van der Waals surface area contributed by atoms with Gasteiger partial charge in [-0.1, -0.05) is 71.2 Å². The lowest BCUT2D eigenvalue weighted by Crippen LogP contribution is -2.45. The molecule has 7 nitrogen and oxygen atoms in total. The molecule has 0 aliphatic heterocycles. The van der Waals surface area contributed by atoms with E-state index in [0.29, 0.717) is 54.8 Å². The van der Waals surface area contributed by atoms with E-state index in [9.17, 15) is 9.59 Å². The topological polar surface area (TPSA) is 77.7 Å². The molecule has 0 saturated heterocycles. The number of methoxy groups -OCH3 is 1. The molecule has 1 aromatic heterocycles. The van der Waals surface area contributed by atoms with Crippen molar-refractivity contribution in [3.63, 3.8) is 0 Å². The first-order valence-corrected chi connectivity index (χ1v) is 14.0. The van der Waals surface area contributed by atoms with E-state index >= 15 is 0 Å². The van der Waals surface area contributed by atoms with Crippen LogP contribution in [0.3, 0.4) is 0 Å². The Bertz CT molecular complexity index is 1440. The summed E-state index contributed by atoms with van der Waals surface area (Å²) in [6.45, 7) is 3.71. The zero-order chi connectivity index (χ0) is 28.5. The lowest BCUT2D eigenvalue weighted by molar-refractivity contribution is -0.132. The SMILES string of the molecule is COCCCN(CC(=O)N(CCc1c[nH]c2ccccc12)Cc1ccc(C)cc1)C(=O)Nc1ccc(Cl)cc1Cl. The number of carbonyl (C=O) groups is 2. The smallest absolute Gasteiger partial charge is 0.322 e. The van der Waals surface area contributed by atoms with Gasteiger partial charge in [0.25, 0.3) is 0 Å². The second-order valence-corrected chi connectivity index (χ2v) is 10.6. The average molecular weight is 582 g/mol. The predicted octanol–water partition coefficient (Wildman–Crippen LogP) is 6.93. The summed E-state index contributed by atoms with van der Waals surface area (Å²) in [5.41, 5.74) is 4.82. The summed E-state index contributed by atoms with van der Waals surface area (Å²) in [7, 11) is 1.61. The van der Waals surface area contributed by atoms with Crippen molar-refractivity contribution < 1.29 is 14.3 Å². The molecule has 9 heteroatoms. The molecule has 0 saturated carbocycles. The highest BCUT2D eigenvalue weighted by Gasteiger charge is 2.22. The van der Waals surface area contributed by atoms with Gasteiger partial charge < -0.3 is 24.8 Å². The van der Waals surface area contributed by atoms with Crippen LogP contribution >= 0.6 is 23.2 Å². The van der Waals surface area contributed by atoms with E-state index in [1.807, 2.05) is 60.5 Å². The standard InChI is InChI=1S/C31H34Cl2N4O3/c1-22-8-10-23(11-9-22)20-36(16-14-24-19-34-28-7-4-3-6-26(24)28)30(38)21-37(15-5-17-40-2)31(39)35-29-13-12-25(32)18-27(29)33/h3-4,6-13,18-19,34H,5,14-17,20-21H2,1-2H3,(H,35,39). The summed E-state index contributed by atoms with van der Waals surface area (Å²) in [5, 5.41) is 4.76. The van der Waals surface area contributed by atoms with Gasteiger partial charge in [-0.15, -0.1) is 0 Å². The van der Waals surface area contributed by atoms with Gasteiger partial charge in [-0.05, 0) is 55.2 Å². The zero-order valence-electron chi connectivity index (χ0n) is 22.8. The van der Waals surface area contributed by atoms with Crippen molar-refractivity contribution in [1.29, 1.82) is 0 Å². The van der Waals surface area contributed by atoms with Crippen LogP contribution in [0.4, 0.5) is 10.5 Å². The van der Waals surface area contributed by atoms with Crippen molar-refractivity contribution in [2.24, 2.45) is 0 Å². The number of fused-ring (bicyclic) bond motifs is 1. The van der Waals surface area contributed by atoms with E-state index in [2.05, 4.69) is 16.4 Å². The van der Waals surface area contributed by atoms with Crippen molar-refractivity contribution in [3.8, 4) is 0 Å². The number of hydrogen-bond acceptors (Lipinski definition) is 3. The number of aromatic amines is 1. The Morgan fingerprint density at radius 1 is 0.975 bits per heavy atom. The number of anilines is 1. The van der Waals surface area contributed by atoms with Crippen LogP contribution in [0.2, 0.25) is 10.0 Å². The maximum absolute atomic E-state index is 13.8. The third-order valence-electron chi connectivity index (χ3n) is 6.74. The maximum Gasteiger partial charge on any atom is 0.322 e. The lowest BCUT2D eigenvalue weighted by Gasteiger charge is -2.28. The molecule has 3 amide bonds. The Morgan fingerprint density at radius 2 is 1.75 bits per heavy atom. The molecule has 0 atom stereocenters. The first kappa shape index (κ1) is 29.5. The molecule has 0 spiro atoms. The van der Waals surface area contributed by atoms with E-state index in [0.717, 1.165) is 27.6 Å². The van der Waals surface area contributed by atoms with Crippen LogP contribution in [0.25, 0.3) is 10.9 Å². The Morgan fingerprint density at radius 3 is 2.50 bits per heavy atom. The number of nitrogens with zero attached hydrogens (tertiary/aromatic N) is 2.